The minimum atomic E-state index is -3.57. The average Bonchev–Trinajstić information content (AvgIpc) is 2.95. The normalized spacial score (nSPS) is 12.6. The third kappa shape index (κ3) is 3.49. The summed E-state index contributed by atoms with van der Waals surface area (Å²) in [5.41, 5.74) is 2.80. The van der Waals surface area contributed by atoms with Crippen molar-refractivity contribution in [3.63, 3.8) is 0 Å². The van der Waals surface area contributed by atoms with Crippen molar-refractivity contribution in [2.75, 3.05) is 0 Å². The summed E-state index contributed by atoms with van der Waals surface area (Å²) in [6, 6.07) is 14.6. The third-order valence-corrected chi connectivity index (χ3v) is 5.32. The van der Waals surface area contributed by atoms with E-state index in [1.165, 1.54) is 0 Å². The Labute approximate surface area is 142 Å². The molecule has 0 amide bonds. The quantitative estimate of drug-likeness (QED) is 0.763. The van der Waals surface area contributed by atoms with E-state index >= 15 is 0 Å². The van der Waals surface area contributed by atoms with Crippen molar-refractivity contribution in [2.24, 2.45) is 0 Å². The number of nitrogens with zero attached hydrogens (tertiary/aromatic N) is 1. The van der Waals surface area contributed by atoms with Gasteiger partial charge >= 0.3 is 0 Å². The molecule has 1 heterocycles. The van der Waals surface area contributed by atoms with Crippen molar-refractivity contribution < 1.29 is 8.42 Å². The highest BCUT2D eigenvalue weighted by atomic mass is 32.2. The number of aromatic amines is 1. The first kappa shape index (κ1) is 16.7. The fraction of sp³-hybridized carbons (Fsp3) is 0.278. The maximum absolute atomic E-state index is 12.4. The molecule has 3 rings (SSSR count). The molecule has 0 saturated heterocycles. The van der Waals surface area contributed by atoms with Crippen LogP contribution < -0.4 is 4.72 Å². The summed E-state index contributed by atoms with van der Waals surface area (Å²) in [5.74, 6) is 0.589. The van der Waals surface area contributed by atoms with Crippen molar-refractivity contribution in [3.05, 3.63) is 59.9 Å². The van der Waals surface area contributed by atoms with E-state index in [1.54, 1.807) is 12.1 Å². The summed E-state index contributed by atoms with van der Waals surface area (Å²) in [4.78, 5) is 7.74. The van der Waals surface area contributed by atoms with Gasteiger partial charge in [-0.2, -0.15) is 0 Å². The Morgan fingerprint density at radius 3 is 2.33 bits per heavy atom. The maximum atomic E-state index is 12.4. The summed E-state index contributed by atoms with van der Waals surface area (Å²) in [7, 11) is -3.57. The number of hydrogen-bond donors (Lipinski definition) is 2. The van der Waals surface area contributed by atoms with Crippen LogP contribution >= 0.6 is 0 Å². The van der Waals surface area contributed by atoms with Gasteiger partial charge in [-0.05, 0) is 35.2 Å². The van der Waals surface area contributed by atoms with Gasteiger partial charge in [0.2, 0.25) is 10.0 Å². The molecule has 0 fully saturated rings. The van der Waals surface area contributed by atoms with E-state index in [9.17, 15) is 8.42 Å². The van der Waals surface area contributed by atoms with Crippen LogP contribution in [0.2, 0.25) is 0 Å². The topological polar surface area (TPSA) is 74.8 Å². The lowest BCUT2D eigenvalue weighted by molar-refractivity contribution is 0.577. The Balaban J connectivity index is 1.76. The average molecular weight is 343 g/mol. The fourth-order valence-electron chi connectivity index (χ4n) is 2.47. The molecule has 5 nitrogen and oxygen atoms in total. The van der Waals surface area contributed by atoms with E-state index in [-0.39, 0.29) is 16.9 Å². The summed E-state index contributed by atoms with van der Waals surface area (Å²) >= 11 is 0. The number of aromatic nitrogens is 2. The lowest BCUT2D eigenvalue weighted by Gasteiger charge is -2.19. The van der Waals surface area contributed by atoms with Crippen LogP contribution in [0.15, 0.2) is 53.4 Å². The van der Waals surface area contributed by atoms with Gasteiger partial charge in [-0.25, -0.2) is 18.1 Å². The van der Waals surface area contributed by atoms with E-state index in [0.29, 0.717) is 5.82 Å². The SMILES string of the molecule is CC(C)(C)c1ccc(S(=O)(=O)NCc2nc3ccccc3[nH]2)cc1. The van der Waals surface area contributed by atoms with Gasteiger partial charge in [-0.1, -0.05) is 45.0 Å². The molecule has 6 heteroatoms. The van der Waals surface area contributed by atoms with Gasteiger partial charge in [0, 0.05) is 0 Å². The van der Waals surface area contributed by atoms with Crippen molar-refractivity contribution >= 4 is 21.1 Å². The zero-order valence-electron chi connectivity index (χ0n) is 14.0. The zero-order valence-corrected chi connectivity index (χ0v) is 14.8. The van der Waals surface area contributed by atoms with Gasteiger partial charge in [0.05, 0.1) is 22.5 Å². The Kier molecular flexibility index (Phi) is 4.19. The molecule has 0 saturated carbocycles. The molecular formula is C18H21N3O2S. The molecule has 2 aromatic carbocycles. The van der Waals surface area contributed by atoms with E-state index in [0.717, 1.165) is 16.6 Å². The van der Waals surface area contributed by atoms with E-state index < -0.39 is 10.0 Å². The number of hydrogen-bond acceptors (Lipinski definition) is 3. The minimum Gasteiger partial charge on any atom is -0.341 e. The van der Waals surface area contributed by atoms with Crippen molar-refractivity contribution in [1.29, 1.82) is 0 Å². The van der Waals surface area contributed by atoms with Crippen molar-refractivity contribution in [2.45, 2.75) is 37.6 Å². The number of sulfonamides is 1. The van der Waals surface area contributed by atoms with Crippen LogP contribution in [0.5, 0.6) is 0 Å². The van der Waals surface area contributed by atoms with Gasteiger partial charge in [0.1, 0.15) is 5.82 Å². The summed E-state index contributed by atoms with van der Waals surface area (Å²) in [6.07, 6.45) is 0. The second kappa shape index (κ2) is 6.03. The Morgan fingerprint density at radius 1 is 1.04 bits per heavy atom. The number of rotatable bonds is 4. The van der Waals surface area contributed by atoms with Gasteiger partial charge in [0.15, 0.2) is 0 Å². The van der Waals surface area contributed by atoms with Crippen LogP contribution in [0, 0.1) is 0 Å². The number of para-hydroxylation sites is 2. The first-order valence-electron chi connectivity index (χ1n) is 7.79. The highest BCUT2D eigenvalue weighted by Crippen LogP contribution is 2.23. The fourth-order valence-corrected chi connectivity index (χ4v) is 3.46. The third-order valence-electron chi connectivity index (χ3n) is 3.90. The standard InChI is InChI=1S/C18H21N3O2S/c1-18(2,3)13-8-10-14(11-9-13)24(22,23)19-12-17-20-15-6-4-5-7-16(15)21-17/h4-11,19H,12H2,1-3H3,(H,20,21). The van der Waals surface area contributed by atoms with Gasteiger partial charge < -0.3 is 4.98 Å². The van der Waals surface area contributed by atoms with Crippen molar-refractivity contribution in [1.82, 2.24) is 14.7 Å². The number of H-pyrrole nitrogens is 1. The minimum absolute atomic E-state index is 0.00992. The molecule has 126 valence electrons. The molecule has 1 aromatic heterocycles. The highest BCUT2D eigenvalue weighted by Gasteiger charge is 2.17. The van der Waals surface area contributed by atoms with E-state index in [1.807, 2.05) is 36.4 Å². The van der Waals surface area contributed by atoms with Gasteiger partial charge in [-0.15, -0.1) is 0 Å². The predicted octanol–water partition coefficient (Wildman–Crippen LogP) is 3.34. The summed E-state index contributed by atoms with van der Waals surface area (Å²) in [6.45, 7) is 6.40. The van der Waals surface area contributed by atoms with Crippen LogP contribution in [-0.4, -0.2) is 18.4 Å². The van der Waals surface area contributed by atoms with Gasteiger partial charge in [0.25, 0.3) is 0 Å². The predicted molar refractivity (Wildman–Crippen MR) is 95.3 cm³/mol. The van der Waals surface area contributed by atoms with Crippen LogP contribution in [0.3, 0.4) is 0 Å². The van der Waals surface area contributed by atoms with Crippen molar-refractivity contribution in [3.8, 4) is 0 Å². The van der Waals surface area contributed by atoms with Gasteiger partial charge in [-0.3, -0.25) is 0 Å². The largest absolute Gasteiger partial charge is 0.341 e. The molecule has 24 heavy (non-hydrogen) atoms. The molecule has 0 aliphatic rings. The first-order chi connectivity index (χ1) is 11.3. The van der Waals surface area contributed by atoms with E-state index in [2.05, 4.69) is 35.5 Å². The first-order valence-corrected chi connectivity index (χ1v) is 9.28. The molecule has 0 aliphatic carbocycles. The second-order valence-electron chi connectivity index (χ2n) is 6.80. The molecule has 3 aromatic rings. The smallest absolute Gasteiger partial charge is 0.240 e. The second-order valence-corrected chi connectivity index (χ2v) is 8.57. The molecule has 2 N–H and O–H groups in total. The monoisotopic (exact) mass is 343 g/mol. The Hall–Kier alpha value is -2.18. The molecule has 0 unspecified atom stereocenters. The number of fused-ring (bicyclic) bond motifs is 1. The van der Waals surface area contributed by atoms with E-state index in [4.69, 9.17) is 0 Å². The number of imidazole rings is 1. The van der Waals surface area contributed by atoms with Crippen LogP contribution in [-0.2, 0) is 22.0 Å². The maximum Gasteiger partial charge on any atom is 0.240 e. The number of benzene rings is 2. The summed E-state index contributed by atoms with van der Waals surface area (Å²) in [5, 5.41) is 0. The van der Waals surface area contributed by atoms with Crippen LogP contribution in [0.1, 0.15) is 32.2 Å². The zero-order chi connectivity index (χ0) is 17.4. The van der Waals surface area contributed by atoms with Crippen LogP contribution in [0.4, 0.5) is 0 Å². The lowest BCUT2D eigenvalue weighted by atomic mass is 9.87. The lowest BCUT2D eigenvalue weighted by Crippen LogP contribution is -2.24. The Morgan fingerprint density at radius 2 is 1.71 bits per heavy atom. The summed E-state index contributed by atoms with van der Waals surface area (Å²) < 4.78 is 27.4. The Bertz CT molecular complexity index is 919. The molecule has 0 spiro atoms. The molecule has 0 bridgehead atoms. The van der Waals surface area contributed by atoms with Crippen LogP contribution in [0.25, 0.3) is 11.0 Å². The molecular weight excluding hydrogens is 322 g/mol. The molecule has 0 aliphatic heterocycles. The highest BCUT2D eigenvalue weighted by molar-refractivity contribution is 7.89. The molecule has 0 atom stereocenters. The molecule has 0 radical (unpaired) electrons. The number of nitrogens with one attached hydrogen (secondary N) is 2.